The van der Waals surface area contributed by atoms with Crippen LogP contribution in [0.2, 0.25) is 0 Å². The number of rotatable bonds is 11. The molecule has 0 amide bonds. The quantitative estimate of drug-likeness (QED) is 0.113. The maximum atomic E-state index is 13.6. The molecule has 0 aromatic rings. The fraction of sp³-hybridized carbons (Fsp3) is 0.872. The first-order valence-corrected chi connectivity index (χ1v) is 18.9. The van der Waals surface area contributed by atoms with Crippen molar-refractivity contribution in [3.05, 3.63) is 12.5 Å². The third-order valence-corrected chi connectivity index (χ3v) is 14.1. The Morgan fingerprint density at radius 1 is 0.755 bits per heavy atom. The SMILES string of the molecule is C=C(OC)OC(=O)C(CC)CC(CC(C)(C)C(=O)OC)C(=O)OC1CC2CC1C1C3CCC(C3)C21.CO.OC1CC2C3CCC(C3)C2C1O. The molecule has 0 radical (unpaired) electrons. The molecule has 0 aromatic heterocycles. The van der Waals surface area contributed by atoms with E-state index in [1.807, 2.05) is 6.92 Å². The number of methoxy groups -OCH3 is 2. The molecule has 7 saturated carbocycles. The fourth-order valence-corrected chi connectivity index (χ4v) is 12.1. The molecule has 10 heteroatoms. The summed E-state index contributed by atoms with van der Waals surface area (Å²) in [6.07, 6.45) is 11.2. The lowest BCUT2D eigenvalue weighted by atomic mass is 9.70. The average molecular weight is 691 g/mol. The highest BCUT2D eigenvalue weighted by molar-refractivity contribution is 5.79. The molecule has 0 heterocycles. The van der Waals surface area contributed by atoms with Gasteiger partial charge >= 0.3 is 17.9 Å². The molecule has 10 nitrogen and oxygen atoms in total. The second kappa shape index (κ2) is 15.6. The highest BCUT2D eigenvalue weighted by atomic mass is 16.7. The van der Waals surface area contributed by atoms with E-state index in [2.05, 4.69) is 6.58 Å². The van der Waals surface area contributed by atoms with Crippen molar-refractivity contribution in [2.75, 3.05) is 21.3 Å². The van der Waals surface area contributed by atoms with Crippen molar-refractivity contribution in [3.63, 3.8) is 0 Å². The van der Waals surface area contributed by atoms with Crippen LogP contribution in [0.1, 0.15) is 97.8 Å². The van der Waals surface area contributed by atoms with E-state index in [9.17, 15) is 24.6 Å². The van der Waals surface area contributed by atoms with Gasteiger partial charge in [0, 0.05) is 7.11 Å². The van der Waals surface area contributed by atoms with Crippen molar-refractivity contribution < 1.29 is 48.7 Å². The van der Waals surface area contributed by atoms with Crippen LogP contribution in [-0.4, -0.2) is 72.9 Å². The summed E-state index contributed by atoms with van der Waals surface area (Å²) in [7, 11) is 3.73. The van der Waals surface area contributed by atoms with Crippen molar-refractivity contribution in [3.8, 4) is 0 Å². The second-order valence-corrected chi connectivity index (χ2v) is 16.8. The van der Waals surface area contributed by atoms with E-state index in [1.165, 1.54) is 59.2 Å². The van der Waals surface area contributed by atoms with Crippen LogP contribution in [0.25, 0.3) is 0 Å². The molecule has 7 aliphatic carbocycles. The second-order valence-electron chi connectivity index (χ2n) is 16.8. The zero-order valence-electron chi connectivity index (χ0n) is 30.6. The summed E-state index contributed by atoms with van der Waals surface area (Å²) in [4.78, 5) is 38.7. The van der Waals surface area contributed by atoms with E-state index in [-0.39, 0.29) is 36.8 Å². The Labute approximate surface area is 292 Å². The molecule has 0 spiro atoms. The van der Waals surface area contributed by atoms with E-state index in [4.69, 9.17) is 24.1 Å². The predicted molar refractivity (Wildman–Crippen MR) is 181 cm³/mol. The highest BCUT2D eigenvalue weighted by Gasteiger charge is 2.63. The zero-order chi connectivity index (χ0) is 35.8. The number of carbonyl (C=O) groups is 3. The Bertz CT molecular complexity index is 1200. The topological polar surface area (TPSA) is 149 Å². The van der Waals surface area contributed by atoms with Crippen LogP contribution >= 0.6 is 0 Å². The number of hydrogen-bond acceptors (Lipinski definition) is 10. The molecular formula is C39H62O10. The molecule has 0 aliphatic heterocycles. The Kier molecular flexibility index (Phi) is 12.1. The van der Waals surface area contributed by atoms with Gasteiger partial charge in [0.15, 0.2) is 0 Å². The Balaban J connectivity index is 0.000000275. The molecule has 3 N–H and O–H groups in total. The predicted octanol–water partition coefficient (Wildman–Crippen LogP) is 5.27. The largest absolute Gasteiger partial charge is 0.469 e. The minimum atomic E-state index is -0.888. The summed E-state index contributed by atoms with van der Waals surface area (Å²) in [5.41, 5.74) is -0.888. The highest BCUT2D eigenvalue weighted by Crippen LogP contribution is 2.68. The Morgan fingerprint density at radius 3 is 1.98 bits per heavy atom. The Hall–Kier alpha value is -2.17. The van der Waals surface area contributed by atoms with Gasteiger partial charge in [0.1, 0.15) is 6.10 Å². The number of aliphatic hydroxyl groups excluding tert-OH is 3. The molecule has 0 saturated heterocycles. The van der Waals surface area contributed by atoms with Crippen LogP contribution in [0.15, 0.2) is 12.5 Å². The maximum absolute atomic E-state index is 13.6. The lowest BCUT2D eigenvalue weighted by molar-refractivity contribution is -0.164. The Morgan fingerprint density at radius 2 is 1.37 bits per heavy atom. The maximum Gasteiger partial charge on any atom is 0.316 e. The van der Waals surface area contributed by atoms with E-state index in [0.29, 0.717) is 36.0 Å². The first-order chi connectivity index (χ1) is 23.4. The van der Waals surface area contributed by atoms with Gasteiger partial charge in [-0.2, -0.15) is 0 Å². The van der Waals surface area contributed by atoms with Crippen LogP contribution in [0.5, 0.6) is 0 Å². The van der Waals surface area contributed by atoms with Gasteiger partial charge in [-0.15, -0.1) is 0 Å². The minimum Gasteiger partial charge on any atom is -0.469 e. The van der Waals surface area contributed by atoms with Crippen LogP contribution in [0, 0.1) is 76.4 Å². The van der Waals surface area contributed by atoms with Crippen molar-refractivity contribution in [1.29, 1.82) is 0 Å². The van der Waals surface area contributed by atoms with Crippen molar-refractivity contribution >= 4 is 17.9 Å². The summed E-state index contributed by atoms with van der Waals surface area (Å²) in [6.45, 7) is 8.96. The monoisotopic (exact) mass is 690 g/mol. The molecule has 278 valence electrons. The van der Waals surface area contributed by atoms with Crippen LogP contribution in [0.4, 0.5) is 0 Å². The standard InChI is InChI=1S/C28H42O7.C10H16O2.CH4O/c1-7-16(25(29)34-15(2)32-5)10-20(14-28(3,4)27(31)33-6)26(30)35-22-13-19-12-21(22)24-18-9-8-17(11-18)23(19)24;11-8-4-7-5-1-2-6(3-5)9(7)10(8)12;1-2/h16-24H,2,7-14H2,1,3-6H3;5-12H,1-4H2;2H,1H3. The molecule has 0 aromatic carbocycles. The molecule has 49 heavy (non-hydrogen) atoms. The molecule has 7 fully saturated rings. The lowest BCUT2D eigenvalue weighted by Gasteiger charge is -2.39. The van der Waals surface area contributed by atoms with Crippen LogP contribution in [-0.2, 0) is 33.3 Å². The van der Waals surface area contributed by atoms with Gasteiger partial charge in [-0.05, 0) is 157 Å². The normalized spacial score (nSPS) is 39.8. The number of aliphatic hydroxyl groups is 3. The van der Waals surface area contributed by atoms with E-state index < -0.39 is 35.4 Å². The molecular weight excluding hydrogens is 628 g/mol. The molecule has 6 bridgehead atoms. The van der Waals surface area contributed by atoms with Crippen molar-refractivity contribution in [2.45, 2.75) is 116 Å². The van der Waals surface area contributed by atoms with Crippen molar-refractivity contribution in [2.24, 2.45) is 76.4 Å². The van der Waals surface area contributed by atoms with Gasteiger partial charge < -0.3 is 34.3 Å². The summed E-state index contributed by atoms with van der Waals surface area (Å²) < 4.78 is 21.3. The summed E-state index contributed by atoms with van der Waals surface area (Å²) in [6, 6.07) is 0. The first-order valence-electron chi connectivity index (χ1n) is 18.9. The molecule has 7 aliphatic rings. The number of fused-ring (bicyclic) bond motifs is 14. The van der Waals surface area contributed by atoms with Crippen molar-refractivity contribution in [1.82, 2.24) is 0 Å². The van der Waals surface area contributed by atoms with Gasteiger partial charge in [-0.1, -0.05) is 6.92 Å². The minimum absolute atomic E-state index is 0.0443. The van der Waals surface area contributed by atoms with Gasteiger partial charge in [0.05, 0.1) is 43.7 Å². The zero-order valence-corrected chi connectivity index (χ0v) is 30.6. The smallest absolute Gasteiger partial charge is 0.316 e. The van der Waals surface area contributed by atoms with Crippen LogP contribution < -0.4 is 0 Å². The van der Waals surface area contributed by atoms with Gasteiger partial charge in [-0.3, -0.25) is 14.4 Å². The third kappa shape index (κ3) is 7.43. The van der Waals surface area contributed by atoms with E-state index in [0.717, 1.165) is 49.5 Å². The molecule has 15 unspecified atom stereocenters. The lowest BCUT2D eigenvalue weighted by Crippen LogP contribution is -2.40. The first kappa shape index (κ1) is 38.1. The number of esters is 3. The van der Waals surface area contributed by atoms with E-state index >= 15 is 0 Å². The molecule has 15 atom stereocenters. The number of hydrogen-bond donors (Lipinski definition) is 3. The summed E-state index contributed by atoms with van der Waals surface area (Å²) in [5, 5.41) is 26.3. The van der Waals surface area contributed by atoms with Crippen LogP contribution in [0.3, 0.4) is 0 Å². The summed E-state index contributed by atoms with van der Waals surface area (Å²) in [5.74, 6) is 4.69. The van der Waals surface area contributed by atoms with Gasteiger partial charge in [0.25, 0.3) is 5.95 Å². The fourth-order valence-electron chi connectivity index (χ4n) is 12.1. The van der Waals surface area contributed by atoms with E-state index in [1.54, 1.807) is 13.8 Å². The number of carbonyl (C=O) groups excluding carboxylic acids is 3. The van der Waals surface area contributed by atoms with Gasteiger partial charge in [0.2, 0.25) is 0 Å². The van der Waals surface area contributed by atoms with Gasteiger partial charge in [-0.25, -0.2) is 0 Å². The summed E-state index contributed by atoms with van der Waals surface area (Å²) >= 11 is 0. The average Bonchev–Trinajstić information content (AvgIpc) is 3.95. The molecule has 7 rings (SSSR count). The third-order valence-electron chi connectivity index (χ3n) is 14.1. The number of ether oxygens (including phenoxy) is 4.